The van der Waals surface area contributed by atoms with E-state index in [1.807, 2.05) is 18.2 Å². The summed E-state index contributed by atoms with van der Waals surface area (Å²) in [6.07, 6.45) is 0.457. The smallest absolute Gasteiger partial charge is 0.142 e. The van der Waals surface area contributed by atoms with Crippen LogP contribution in [0.5, 0.6) is 11.5 Å². The monoisotopic (exact) mass is 237 g/mol. The third kappa shape index (κ3) is 2.25. The van der Waals surface area contributed by atoms with E-state index in [0.29, 0.717) is 18.1 Å². The van der Waals surface area contributed by atoms with Crippen molar-refractivity contribution in [2.45, 2.75) is 12.3 Å². The molecule has 0 amide bonds. The van der Waals surface area contributed by atoms with Crippen LogP contribution in [0.2, 0.25) is 0 Å². The number of hydrogen-bond donors (Lipinski definition) is 1. The molecule has 5 nitrogen and oxygen atoms in total. The van der Waals surface area contributed by atoms with Gasteiger partial charge < -0.3 is 19.0 Å². The Kier molecular flexibility index (Phi) is 3.61. The normalized spacial score (nSPS) is 23.4. The minimum absolute atomic E-state index is 0.283. The average Bonchev–Trinajstić information content (AvgIpc) is 2.86. The highest BCUT2D eigenvalue weighted by Gasteiger charge is 2.29. The lowest BCUT2D eigenvalue weighted by molar-refractivity contribution is -0.109. The molecule has 0 spiro atoms. The van der Waals surface area contributed by atoms with Crippen molar-refractivity contribution < 1.29 is 19.0 Å². The summed E-state index contributed by atoms with van der Waals surface area (Å²) >= 11 is 0. The van der Waals surface area contributed by atoms with E-state index in [4.69, 9.17) is 14.2 Å². The van der Waals surface area contributed by atoms with Gasteiger partial charge in [0, 0.05) is 0 Å². The Morgan fingerprint density at radius 3 is 2.47 bits per heavy atom. The summed E-state index contributed by atoms with van der Waals surface area (Å²) in [5.74, 6) is 1.35. The zero-order valence-electron chi connectivity index (χ0n) is 9.80. The molecule has 0 bridgehead atoms. The number of benzene rings is 1. The second-order valence-electron chi connectivity index (χ2n) is 3.70. The van der Waals surface area contributed by atoms with Gasteiger partial charge in [-0.15, -0.1) is 0 Å². The highest BCUT2D eigenvalue weighted by atomic mass is 16.5. The Balaban J connectivity index is 2.33. The number of nitrogens with one attached hydrogen (secondary N) is 1. The van der Waals surface area contributed by atoms with Gasteiger partial charge in [-0.3, -0.25) is 5.32 Å². The Hall–Kier alpha value is -1.59. The van der Waals surface area contributed by atoms with E-state index in [2.05, 4.69) is 5.32 Å². The quantitative estimate of drug-likeness (QED) is 0.788. The van der Waals surface area contributed by atoms with Gasteiger partial charge in [0.05, 0.1) is 32.4 Å². The van der Waals surface area contributed by atoms with E-state index in [9.17, 15) is 4.79 Å². The second kappa shape index (κ2) is 5.16. The van der Waals surface area contributed by atoms with E-state index < -0.39 is 0 Å². The van der Waals surface area contributed by atoms with Crippen LogP contribution in [-0.4, -0.2) is 33.2 Å². The molecule has 1 saturated heterocycles. The van der Waals surface area contributed by atoms with Crippen molar-refractivity contribution in [2.75, 3.05) is 20.8 Å². The molecule has 1 N–H and O–H groups in total. The Labute approximate surface area is 99.7 Å². The molecule has 2 unspecified atom stereocenters. The highest BCUT2D eigenvalue weighted by molar-refractivity contribution is 5.59. The van der Waals surface area contributed by atoms with Crippen molar-refractivity contribution >= 4 is 6.29 Å². The lowest BCUT2D eigenvalue weighted by Crippen LogP contribution is -2.27. The van der Waals surface area contributed by atoms with Gasteiger partial charge in [0.1, 0.15) is 24.0 Å². The Morgan fingerprint density at radius 2 is 2.00 bits per heavy atom. The Bertz CT molecular complexity index is 385. The third-order valence-corrected chi connectivity index (χ3v) is 2.70. The molecule has 2 atom stereocenters. The lowest BCUT2D eigenvalue weighted by atomic mass is 10.1. The summed E-state index contributed by atoms with van der Waals surface area (Å²) in [5, 5.41) is 3.06. The van der Waals surface area contributed by atoms with E-state index in [0.717, 1.165) is 11.8 Å². The predicted octanol–water partition coefficient (Wildman–Crippen LogP) is 0.890. The molecule has 0 radical (unpaired) electrons. The van der Waals surface area contributed by atoms with E-state index in [-0.39, 0.29) is 12.3 Å². The molecule has 0 aliphatic carbocycles. The number of aldehydes is 1. The molecule has 0 saturated carbocycles. The van der Waals surface area contributed by atoms with Crippen LogP contribution in [0.3, 0.4) is 0 Å². The van der Waals surface area contributed by atoms with Crippen LogP contribution < -0.4 is 14.8 Å². The molecule has 5 heteroatoms. The summed E-state index contributed by atoms with van der Waals surface area (Å²) in [5.41, 5.74) is 0.779. The topological polar surface area (TPSA) is 56.8 Å². The number of rotatable bonds is 4. The fourth-order valence-corrected chi connectivity index (χ4v) is 1.87. The van der Waals surface area contributed by atoms with E-state index in [1.165, 1.54) is 0 Å². The highest BCUT2D eigenvalue weighted by Crippen LogP contribution is 2.36. The molecular weight excluding hydrogens is 222 g/mol. The summed E-state index contributed by atoms with van der Waals surface area (Å²) in [4.78, 5) is 10.7. The molecule has 1 aromatic carbocycles. The maximum absolute atomic E-state index is 10.7. The first kappa shape index (κ1) is 11.9. The number of methoxy groups -OCH3 is 2. The first-order valence-corrected chi connectivity index (χ1v) is 5.34. The van der Waals surface area contributed by atoms with Crippen LogP contribution in [0.15, 0.2) is 18.2 Å². The van der Waals surface area contributed by atoms with Gasteiger partial charge >= 0.3 is 0 Å². The fourth-order valence-electron chi connectivity index (χ4n) is 1.87. The van der Waals surface area contributed by atoms with Gasteiger partial charge in [0.15, 0.2) is 0 Å². The van der Waals surface area contributed by atoms with Crippen LogP contribution in [0.1, 0.15) is 11.8 Å². The van der Waals surface area contributed by atoms with Crippen molar-refractivity contribution in [1.82, 2.24) is 5.32 Å². The Morgan fingerprint density at radius 1 is 1.35 bits per heavy atom. The van der Waals surface area contributed by atoms with Crippen molar-refractivity contribution in [3.05, 3.63) is 23.8 Å². The van der Waals surface area contributed by atoms with Crippen molar-refractivity contribution in [3.63, 3.8) is 0 Å². The minimum atomic E-state index is -0.378. The van der Waals surface area contributed by atoms with E-state index in [1.54, 1.807) is 14.2 Å². The average molecular weight is 237 g/mol. The van der Waals surface area contributed by atoms with Crippen LogP contribution in [-0.2, 0) is 9.53 Å². The maximum Gasteiger partial charge on any atom is 0.142 e. The maximum atomic E-state index is 10.7. The molecule has 17 heavy (non-hydrogen) atoms. The van der Waals surface area contributed by atoms with Gasteiger partial charge in [-0.1, -0.05) is 6.07 Å². The van der Waals surface area contributed by atoms with Crippen LogP contribution >= 0.6 is 0 Å². The second-order valence-corrected chi connectivity index (χ2v) is 3.70. The standard InChI is InChI=1S/C12H15NO4/c1-15-9-4-3-5-10(16-2)11(9)12-13-8(6-14)7-17-12/h3-6,8,12-13H,7H2,1-2H3. The van der Waals surface area contributed by atoms with Crippen molar-refractivity contribution in [2.24, 2.45) is 0 Å². The fraction of sp³-hybridized carbons (Fsp3) is 0.417. The van der Waals surface area contributed by atoms with Crippen molar-refractivity contribution in [3.8, 4) is 11.5 Å². The van der Waals surface area contributed by atoms with Crippen LogP contribution in [0, 0.1) is 0 Å². The number of carbonyl (C=O) groups excluding carboxylic acids is 1. The van der Waals surface area contributed by atoms with Gasteiger partial charge in [-0.05, 0) is 12.1 Å². The summed E-state index contributed by atoms with van der Waals surface area (Å²) in [6.45, 7) is 0.357. The summed E-state index contributed by atoms with van der Waals surface area (Å²) in [6, 6.07) is 5.22. The molecule has 1 heterocycles. The first-order valence-electron chi connectivity index (χ1n) is 5.34. The summed E-state index contributed by atoms with van der Waals surface area (Å²) < 4.78 is 16.1. The third-order valence-electron chi connectivity index (χ3n) is 2.70. The molecule has 92 valence electrons. The lowest BCUT2D eigenvalue weighted by Gasteiger charge is -2.17. The molecule has 0 aromatic heterocycles. The zero-order valence-corrected chi connectivity index (χ0v) is 9.80. The minimum Gasteiger partial charge on any atom is -0.496 e. The largest absolute Gasteiger partial charge is 0.496 e. The number of hydrogen-bond acceptors (Lipinski definition) is 5. The molecule has 2 rings (SSSR count). The first-order chi connectivity index (χ1) is 8.30. The van der Waals surface area contributed by atoms with E-state index >= 15 is 0 Å². The molecule has 1 aliphatic heterocycles. The van der Waals surface area contributed by atoms with Gasteiger partial charge in [0.25, 0.3) is 0 Å². The van der Waals surface area contributed by atoms with Gasteiger partial charge in [-0.25, -0.2) is 0 Å². The predicted molar refractivity (Wildman–Crippen MR) is 61.2 cm³/mol. The van der Waals surface area contributed by atoms with Gasteiger partial charge in [-0.2, -0.15) is 0 Å². The SMILES string of the molecule is COc1cccc(OC)c1C1NC(C=O)CO1. The molecular formula is C12H15NO4. The number of carbonyl (C=O) groups is 1. The zero-order chi connectivity index (χ0) is 12.3. The summed E-state index contributed by atoms with van der Waals surface area (Å²) in [7, 11) is 3.18. The van der Waals surface area contributed by atoms with Crippen molar-refractivity contribution in [1.29, 1.82) is 0 Å². The van der Waals surface area contributed by atoms with Gasteiger partial charge in [0.2, 0.25) is 0 Å². The molecule has 1 aliphatic rings. The number of ether oxygens (including phenoxy) is 3. The van der Waals surface area contributed by atoms with Crippen LogP contribution in [0.25, 0.3) is 0 Å². The molecule has 1 fully saturated rings. The molecule has 1 aromatic rings. The van der Waals surface area contributed by atoms with Crippen LogP contribution in [0.4, 0.5) is 0 Å².